The van der Waals surface area contributed by atoms with Crippen molar-refractivity contribution < 1.29 is 4.79 Å². The number of hydrogen-bond acceptors (Lipinski definition) is 2. The number of rotatable bonds is 2. The van der Waals surface area contributed by atoms with Crippen molar-refractivity contribution in [2.45, 2.75) is 6.92 Å². The lowest BCUT2D eigenvalue weighted by atomic mass is 10.2. The van der Waals surface area contributed by atoms with Gasteiger partial charge in [-0.3, -0.25) is 4.79 Å². The zero-order valence-electron chi connectivity index (χ0n) is 8.14. The van der Waals surface area contributed by atoms with E-state index >= 15 is 0 Å². The normalized spacial score (nSPS) is 10.3. The summed E-state index contributed by atoms with van der Waals surface area (Å²) in [6, 6.07) is 5.47. The van der Waals surface area contributed by atoms with E-state index in [-0.39, 0.29) is 0 Å². The summed E-state index contributed by atoms with van der Waals surface area (Å²) in [6.07, 6.45) is 4.46. The highest BCUT2D eigenvalue weighted by Crippen LogP contribution is 2.22. The number of nitrogens with zero attached hydrogens (tertiary/aromatic N) is 2. The predicted octanol–water partition coefficient (Wildman–Crippen LogP) is 2.76. The van der Waals surface area contributed by atoms with Gasteiger partial charge in [-0.05, 0) is 41.1 Å². The van der Waals surface area contributed by atoms with Crippen molar-refractivity contribution in [3.8, 4) is 5.69 Å². The molecule has 0 saturated carbocycles. The summed E-state index contributed by atoms with van der Waals surface area (Å²) in [5, 5.41) is 0. The molecule has 1 aromatic carbocycles. The summed E-state index contributed by atoms with van der Waals surface area (Å²) in [7, 11) is 0. The molecule has 0 aliphatic rings. The molecular weight excluding hydrogens is 256 g/mol. The Morgan fingerprint density at radius 2 is 2.27 bits per heavy atom. The van der Waals surface area contributed by atoms with Gasteiger partial charge in [0.1, 0.15) is 12.1 Å². The minimum atomic E-state index is 0.656. The number of aldehydes is 1. The second-order valence-corrected chi connectivity index (χ2v) is 4.03. The molecule has 3 nitrogen and oxygen atoms in total. The minimum Gasteiger partial charge on any atom is -0.303 e. The van der Waals surface area contributed by atoms with Gasteiger partial charge < -0.3 is 4.57 Å². The molecule has 0 spiro atoms. The van der Waals surface area contributed by atoms with Crippen LogP contribution in [0.25, 0.3) is 5.69 Å². The summed E-state index contributed by atoms with van der Waals surface area (Å²) in [5.41, 5.74) is 1.64. The van der Waals surface area contributed by atoms with Crippen molar-refractivity contribution in [2.75, 3.05) is 0 Å². The van der Waals surface area contributed by atoms with Crippen molar-refractivity contribution in [3.63, 3.8) is 0 Å². The van der Waals surface area contributed by atoms with Gasteiger partial charge in [-0.1, -0.05) is 0 Å². The zero-order valence-corrected chi connectivity index (χ0v) is 9.73. The van der Waals surface area contributed by atoms with Crippen LogP contribution < -0.4 is 0 Å². The molecule has 0 amide bonds. The second-order valence-electron chi connectivity index (χ2n) is 3.17. The van der Waals surface area contributed by atoms with E-state index in [0.717, 1.165) is 22.3 Å². The van der Waals surface area contributed by atoms with E-state index < -0.39 is 0 Å². The summed E-state index contributed by atoms with van der Waals surface area (Å²) in [6.45, 7) is 1.93. The molecule has 0 radical (unpaired) electrons. The van der Waals surface area contributed by atoms with Gasteiger partial charge in [0.15, 0.2) is 0 Å². The maximum Gasteiger partial charge on any atom is 0.150 e. The van der Waals surface area contributed by atoms with Gasteiger partial charge in [-0.15, -0.1) is 0 Å². The molecular formula is C11H9BrN2O. The molecule has 4 heteroatoms. The molecule has 1 aromatic heterocycles. The lowest BCUT2D eigenvalue weighted by molar-refractivity contribution is 0.112. The first-order valence-electron chi connectivity index (χ1n) is 4.47. The summed E-state index contributed by atoms with van der Waals surface area (Å²) < 4.78 is 2.84. The highest BCUT2D eigenvalue weighted by atomic mass is 79.9. The molecule has 0 atom stereocenters. The molecule has 2 rings (SSSR count). The van der Waals surface area contributed by atoms with Crippen LogP contribution in [0.2, 0.25) is 0 Å². The van der Waals surface area contributed by atoms with Crippen LogP contribution in [0.1, 0.15) is 16.2 Å². The molecule has 0 fully saturated rings. The first-order valence-corrected chi connectivity index (χ1v) is 5.26. The van der Waals surface area contributed by atoms with Gasteiger partial charge in [0, 0.05) is 22.4 Å². The maximum absolute atomic E-state index is 10.6. The van der Waals surface area contributed by atoms with Crippen LogP contribution in [0.5, 0.6) is 0 Å². The van der Waals surface area contributed by atoms with E-state index in [2.05, 4.69) is 20.9 Å². The molecule has 0 N–H and O–H groups in total. The van der Waals surface area contributed by atoms with E-state index in [4.69, 9.17) is 0 Å². The zero-order chi connectivity index (χ0) is 10.8. The molecule has 0 saturated heterocycles. The standard InChI is InChI=1S/C11H9BrN2O/c1-8-13-4-5-14(8)11-3-2-9(7-15)6-10(11)12/h2-7H,1H3. The van der Waals surface area contributed by atoms with E-state index in [9.17, 15) is 4.79 Å². The number of carbonyl (C=O) groups is 1. The van der Waals surface area contributed by atoms with Crippen LogP contribution in [0.4, 0.5) is 0 Å². The Balaban J connectivity index is 2.55. The average molecular weight is 265 g/mol. The Morgan fingerprint density at radius 1 is 1.47 bits per heavy atom. The fraction of sp³-hybridized carbons (Fsp3) is 0.0909. The number of aromatic nitrogens is 2. The fourth-order valence-corrected chi connectivity index (χ4v) is 2.01. The van der Waals surface area contributed by atoms with Gasteiger partial charge in [0.25, 0.3) is 0 Å². The monoisotopic (exact) mass is 264 g/mol. The minimum absolute atomic E-state index is 0.656. The van der Waals surface area contributed by atoms with Crippen LogP contribution in [0.3, 0.4) is 0 Å². The molecule has 0 aliphatic carbocycles. The fourth-order valence-electron chi connectivity index (χ4n) is 1.42. The Bertz CT molecular complexity index is 505. The largest absolute Gasteiger partial charge is 0.303 e. The highest BCUT2D eigenvalue weighted by molar-refractivity contribution is 9.10. The molecule has 0 unspecified atom stereocenters. The topological polar surface area (TPSA) is 34.9 Å². The molecule has 2 aromatic rings. The highest BCUT2D eigenvalue weighted by Gasteiger charge is 2.05. The van der Waals surface area contributed by atoms with Gasteiger partial charge >= 0.3 is 0 Å². The van der Waals surface area contributed by atoms with E-state index in [1.54, 1.807) is 18.3 Å². The van der Waals surface area contributed by atoms with Gasteiger partial charge in [0.05, 0.1) is 5.69 Å². The average Bonchev–Trinajstić information content (AvgIpc) is 2.64. The van der Waals surface area contributed by atoms with Crippen molar-refractivity contribution >= 4 is 22.2 Å². The number of imidazole rings is 1. The number of halogens is 1. The van der Waals surface area contributed by atoms with E-state index in [1.165, 1.54) is 0 Å². The summed E-state index contributed by atoms with van der Waals surface area (Å²) in [4.78, 5) is 14.7. The Kier molecular flexibility index (Phi) is 2.68. The van der Waals surface area contributed by atoms with Crippen LogP contribution in [0.15, 0.2) is 35.1 Å². The van der Waals surface area contributed by atoms with Crippen molar-refractivity contribution in [2.24, 2.45) is 0 Å². The quantitative estimate of drug-likeness (QED) is 0.782. The summed E-state index contributed by atoms with van der Waals surface area (Å²) in [5.74, 6) is 0.912. The van der Waals surface area contributed by atoms with Crippen LogP contribution in [0, 0.1) is 6.92 Å². The van der Waals surface area contributed by atoms with Crippen LogP contribution >= 0.6 is 15.9 Å². The summed E-state index contributed by atoms with van der Waals surface area (Å²) >= 11 is 3.44. The second kappa shape index (κ2) is 3.98. The van der Waals surface area contributed by atoms with Crippen molar-refractivity contribution in [1.29, 1.82) is 0 Å². The third-order valence-corrected chi connectivity index (χ3v) is 2.83. The number of benzene rings is 1. The number of carbonyl (C=O) groups excluding carboxylic acids is 1. The third kappa shape index (κ3) is 1.85. The lowest BCUT2D eigenvalue weighted by Gasteiger charge is -2.07. The molecule has 0 aliphatic heterocycles. The molecule has 1 heterocycles. The maximum atomic E-state index is 10.6. The molecule has 15 heavy (non-hydrogen) atoms. The van der Waals surface area contributed by atoms with Crippen molar-refractivity contribution in [1.82, 2.24) is 9.55 Å². The van der Waals surface area contributed by atoms with E-state index in [1.807, 2.05) is 23.8 Å². The first kappa shape index (κ1) is 10.1. The van der Waals surface area contributed by atoms with Crippen molar-refractivity contribution in [3.05, 3.63) is 46.5 Å². The number of hydrogen-bond donors (Lipinski definition) is 0. The smallest absolute Gasteiger partial charge is 0.150 e. The predicted molar refractivity (Wildman–Crippen MR) is 61.4 cm³/mol. The Morgan fingerprint density at radius 3 is 2.80 bits per heavy atom. The molecule has 76 valence electrons. The first-order chi connectivity index (χ1) is 7.22. The Labute approximate surface area is 95.9 Å². The van der Waals surface area contributed by atoms with Crippen LogP contribution in [-0.2, 0) is 0 Å². The third-order valence-electron chi connectivity index (χ3n) is 2.19. The lowest BCUT2D eigenvalue weighted by Crippen LogP contribution is -1.97. The van der Waals surface area contributed by atoms with Gasteiger partial charge in [-0.2, -0.15) is 0 Å². The van der Waals surface area contributed by atoms with E-state index in [0.29, 0.717) is 5.56 Å². The SMILES string of the molecule is Cc1nccn1-c1ccc(C=O)cc1Br. The van der Waals surface area contributed by atoms with Gasteiger partial charge in [-0.25, -0.2) is 4.98 Å². The van der Waals surface area contributed by atoms with Gasteiger partial charge in [0.2, 0.25) is 0 Å². The molecule has 0 bridgehead atoms. The number of aryl methyl sites for hydroxylation is 1. The Hall–Kier alpha value is -1.42. The van der Waals surface area contributed by atoms with Crippen LogP contribution in [-0.4, -0.2) is 15.8 Å².